The summed E-state index contributed by atoms with van der Waals surface area (Å²) in [7, 11) is 0. The van der Waals surface area contributed by atoms with Gasteiger partial charge in [0.05, 0.1) is 6.61 Å². The smallest absolute Gasteiger partial charge is 0.132 e. The van der Waals surface area contributed by atoms with E-state index in [1.807, 2.05) is 0 Å². The quantitative estimate of drug-likeness (QED) is 0.518. The molecule has 0 spiro atoms. The highest BCUT2D eigenvalue weighted by molar-refractivity contribution is 4.64. The van der Waals surface area contributed by atoms with Crippen molar-refractivity contribution in [2.45, 2.75) is 19.6 Å². The highest BCUT2D eigenvalue weighted by Gasteiger charge is 2.19. The summed E-state index contributed by atoms with van der Waals surface area (Å²) in [5, 5.41) is 3.18. The first-order valence-corrected chi connectivity index (χ1v) is 2.78. The molecule has 1 N–H and O–H groups in total. The zero-order valence-corrected chi connectivity index (χ0v) is 4.61. The molecule has 1 aliphatic heterocycles. The van der Waals surface area contributed by atoms with Gasteiger partial charge in [-0.3, -0.25) is 5.32 Å². The summed E-state index contributed by atoms with van der Waals surface area (Å²) in [4.78, 5) is 0. The predicted molar refractivity (Wildman–Crippen MR) is 28.0 cm³/mol. The molecule has 1 saturated heterocycles. The molecule has 0 aliphatic carbocycles. The van der Waals surface area contributed by atoms with Gasteiger partial charge in [0, 0.05) is 0 Å². The lowest BCUT2D eigenvalue weighted by molar-refractivity contribution is 0.370. The summed E-state index contributed by atoms with van der Waals surface area (Å²) in [6.45, 7) is 4.15. The van der Waals surface area contributed by atoms with Crippen molar-refractivity contribution in [3.63, 3.8) is 0 Å². The standard InChI is InChI=1S/C5H11NO/c1-2-3-6-5-4-7-5/h5-6H,2-4H2,1H3. The van der Waals surface area contributed by atoms with Crippen LogP contribution in [0.1, 0.15) is 13.3 Å². The average Bonchev–Trinajstić information content (AvgIpc) is 2.42. The number of ether oxygens (including phenoxy) is 1. The molecule has 7 heavy (non-hydrogen) atoms. The van der Waals surface area contributed by atoms with E-state index in [1.54, 1.807) is 0 Å². The largest absolute Gasteiger partial charge is 0.357 e. The molecule has 1 unspecified atom stereocenters. The second-order valence-corrected chi connectivity index (χ2v) is 1.78. The van der Waals surface area contributed by atoms with Crippen LogP contribution in [0.2, 0.25) is 0 Å². The van der Waals surface area contributed by atoms with Crippen LogP contribution in [0, 0.1) is 0 Å². The van der Waals surface area contributed by atoms with Gasteiger partial charge in [0.15, 0.2) is 0 Å². The molecule has 2 heteroatoms. The minimum atomic E-state index is 0.403. The highest BCUT2D eigenvalue weighted by atomic mass is 16.6. The molecule has 0 aromatic heterocycles. The first-order valence-electron chi connectivity index (χ1n) is 2.78. The van der Waals surface area contributed by atoms with E-state index in [-0.39, 0.29) is 0 Å². The van der Waals surface area contributed by atoms with E-state index in [1.165, 1.54) is 6.42 Å². The third kappa shape index (κ3) is 1.90. The van der Waals surface area contributed by atoms with Crippen LogP contribution >= 0.6 is 0 Å². The lowest BCUT2D eigenvalue weighted by Gasteiger charge is -1.91. The Kier molecular flexibility index (Phi) is 1.65. The Morgan fingerprint density at radius 1 is 1.86 bits per heavy atom. The molecule has 0 aromatic carbocycles. The zero-order valence-electron chi connectivity index (χ0n) is 4.61. The number of rotatable bonds is 3. The van der Waals surface area contributed by atoms with Crippen molar-refractivity contribution in [3.8, 4) is 0 Å². The average molecular weight is 101 g/mol. The molecule has 0 radical (unpaired) electrons. The van der Waals surface area contributed by atoms with E-state index in [0.717, 1.165) is 13.2 Å². The molecule has 0 aromatic rings. The van der Waals surface area contributed by atoms with Gasteiger partial charge in [0.1, 0.15) is 6.23 Å². The molecular formula is C5H11NO. The maximum Gasteiger partial charge on any atom is 0.132 e. The summed E-state index contributed by atoms with van der Waals surface area (Å²) >= 11 is 0. The summed E-state index contributed by atoms with van der Waals surface area (Å²) < 4.78 is 4.90. The summed E-state index contributed by atoms with van der Waals surface area (Å²) in [6.07, 6.45) is 1.60. The summed E-state index contributed by atoms with van der Waals surface area (Å²) in [6, 6.07) is 0. The molecule has 1 rings (SSSR count). The fraction of sp³-hybridized carbons (Fsp3) is 1.00. The predicted octanol–water partition coefficient (Wildman–Crippen LogP) is 0.342. The van der Waals surface area contributed by atoms with Gasteiger partial charge in [-0.2, -0.15) is 0 Å². The Labute approximate surface area is 43.9 Å². The first kappa shape index (κ1) is 5.06. The first-order chi connectivity index (χ1) is 3.43. The minimum Gasteiger partial charge on any atom is -0.357 e. The topological polar surface area (TPSA) is 24.6 Å². The molecular weight excluding hydrogens is 90.1 g/mol. The molecule has 1 heterocycles. The SMILES string of the molecule is CCCNC1CO1. The van der Waals surface area contributed by atoms with E-state index in [9.17, 15) is 0 Å². The molecule has 1 fully saturated rings. The van der Waals surface area contributed by atoms with E-state index in [4.69, 9.17) is 4.74 Å². The number of nitrogens with one attached hydrogen (secondary N) is 1. The van der Waals surface area contributed by atoms with Gasteiger partial charge >= 0.3 is 0 Å². The van der Waals surface area contributed by atoms with Crippen molar-refractivity contribution in [2.75, 3.05) is 13.2 Å². The van der Waals surface area contributed by atoms with Gasteiger partial charge in [0.25, 0.3) is 0 Å². The van der Waals surface area contributed by atoms with Crippen molar-refractivity contribution in [3.05, 3.63) is 0 Å². The molecule has 0 amide bonds. The molecule has 1 atom stereocenters. The number of epoxide rings is 1. The Balaban J connectivity index is 1.80. The maximum atomic E-state index is 4.90. The molecule has 2 nitrogen and oxygen atoms in total. The Hall–Kier alpha value is -0.0800. The number of hydrogen-bond acceptors (Lipinski definition) is 2. The molecule has 0 saturated carbocycles. The van der Waals surface area contributed by atoms with E-state index in [0.29, 0.717) is 6.23 Å². The Morgan fingerprint density at radius 3 is 3.00 bits per heavy atom. The van der Waals surface area contributed by atoms with Crippen molar-refractivity contribution in [1.29, 1.82) is 0 Å². The third-order valence-electron chi connectivity index (χ3n) is 0.955. The van der Waals surface area contributed by atoms with Gasteiger partial charge in [-0.05, 0) is 13.0 Å². The van der Waals surface area contributed by atoms with Crippen LogP contribution in [0.25, 0.3) is 0 Å². The third-order valence-corrected chi connectivity index (χ3v) is 0.955. The zero-order chi connectivity index (χ0) is 5.11. The fourth-order valence-corrected chi connectivity index (χ4v) is 0.471. The van der Waals surface area contributed by atoms with Gasteiger partial charge in [-0.1, -0.05) is 6.92 Å². The van der Waals surface area contributed by atoms with Crippen molar-refractivity contribution in [2.24, 2.45) is 0 Å². The van der Waals surface area contributed by atoms with E-state index < -0.39 is 0 Å². The molecule has 42 valence electrons. The maximum absolute atomic E-state index is 4.90. The molecule has 0 bridgehead atoms. The lowest BCUT2D eigenvalue weighted by atomic mass is 10.5. The van der Waals surface area contributed by atoms with Gasteiger partial charge in [0.2, 0.25) is 0 Å². The van der Waals surface area contributed by atoms with E-state index >= 15 is 0 Å². The van der Waals surface area contributed by atoms with Crippen LogP contribution in [0.4, 0.5) is 0 Å². The highest BCUT2D eigenvalue weighted by Crippen LogP contribution is 2.02. The van der Waals surface area contributed by atoms with Gasteiger partial charge < -0.3 is 4.74 Å². The van der Waals surface area contributed by atoms with Gasteiger partial charge in [-0.25, -0.2) is 0 Å². The minimum absolute atomic E-state index is 0.403. The van der Waals surface area contributed by atoms with Crippen LogP contribution in [0.15, 0.2) is 0 Å². The second-order valence-electron chi connectivity index (χ2n) is 1.78. The Morgan fingerprint density at radius 2 is 2.57 bits per heavy atom. The summed E-state index contributed by atoms with van der Waals surface area (Å²) in [5.74, 6) is 0. The van der Waals surface area contributed by atoms with Crippen molar-refractivity contribution in [1.82, 2.24) is 5.32 Å². The monoisotopic (exact) mass is 101 g/mol. The van der Waals surface area contributed by atoms with Crippen molar-refractivity contribution < 1.29 is 4.74 Å². The van der Waals surface area contributed by atoms with Crippen LogP contribution < -0.4 is 5.32 Å². The fourth-order valence-electron chi connectivity index (χ4n) is 0.471. The molecule has 1 aliphatic rings. The number of hydrogen-bond donors (Lipinski definition) is 1. The lowest BCUT2D eigenvalue weighted by Crippen LogP contribution is -2.17. The second kappa shape index (κ2) is 2.28. The normalized spacial score (nSPS) is 27.9. The van der Waals surface area contributed by atoms with Gasteiger partial charge in [-0.15, -0.1) is 0 Å². The van der Waals surface area contributed by atoms with Crippen molar-refractivity contribution >= 4 is 0 Å². The summed E-state index contributed by atoms with van der Waals surface area (Å²) in [5.41, 5.74) is 0. The van der Waals surface area contributed by atoms with Crippen LogP contribution in [-0.4, -0.2) is 19.4 Å². The van der Waals surface area contributed by atoms with E-state index in [2.05, 4.69) is 12.2 Å². The van der Waals surface area contributed by atoms with Crippen LogP contribution in [0.5, 0.6) is 0 Å². The Bertz CT molecular complexity index is 52.0. The van der Waals surface area contributed by atoms with Crippen LogP contribution in [0.3, 0.4) is 0 Å². The van der Waals surface area contributed by atoms with Crippen LogP contribution in [-0.2, 0) is 4.74 Å².